The first-order chi connectivity index (χ1) is 9.74. The zero-order valence-electron chi connectivity index (χ0n) is 11.8. The van der Waals surface area contributed by atoms with Crippen LogP contribution in [-0.4, -0.2) is 22.6 Å². The molecular weight excluding hydrogens is 253 g/mol. The highest BCUT2D eigenvalue weighted by molar-refractivity contribution is 5.37. The molecule has 1 fully saturated rings. The molecule has 1 saturated heterocycles. The number of aryl methyl sites for hydroxylation is 1. The van der Waals surface area contributed by atoms with Gasteiger partial charge in [0.05, 0.1) is 5.69 Å². The Bertz CT molecular complexity index is 585. The number of imidazole rings is 1. The van der Waals surface area contributed by atoms with Gasteiger partial charge in [0.15, 0.2) is 0 Å². The predicted octanol–water partition coefficient (Wildman–Crippen LogP) is 2.86. The van der Waals surface area contributed by atoms with Crippen LogP contribution in [-0.2, 0) is 6.42 Å². The number of rotatable bonds is 3. The van der Waals surface area contributed by atoms with Crippen LogP contribution in [0.5, 0.6) is 0 Å². The Labute approximate surface area is 118 Å². The summed E-state index contributed by atoms with van der Waals surface area (Å²) in [7, 11) is 0. The third-order valence-electron chi connectivity index (χ3n) is 4.08. The van der Waals surface area contributed by atoms with Gasteiger partial charge in [-0.3, -0.25) is 0 Å². The summed E-state index contributed by atoms with van der Waals surface area (Å²) in [5.74, 6) is 1.31. The summed E-state index contributed by atoms with van der Waals surface area (Å²) in [6.07, 6.45) is 6.83. The van der Waals surface area contributed by atoms with Gasteiger partial charge in [-0.1, -0.05) is 6.07 Å². The largest absolute Gasteiger partial charge is 0.317 e. The summed E-state index contributed by atoms with van der Waals surface area (Å²) in [5.41, 5.74) is 1.67. The van der Waals surface area contributed by atoms with Crippen LogP contribution in [0.25, 0.3) is 5.69 Å². The Kier molecular flexibility index (Phi) is 3.83. The van der Waals surface area contributed by atoms with E-state index in [1.165, 1.54) is 12.8 Å². The Morgan fingerprint density at radius 1 is 1.35 bits per heavy atom. The van der Waals surface area contributed by atoms with Crippen molar-refractivity contribution >= 4 is 0 Å². The molecule has 0 spiro atoms. The van der Waals surface area contributed by atoms with E-state index in [0.29, 0.717) is 11.6 Å². The van der Waals surface area contributed by atoms with E-state index < -0.39 is 0 Å². The second kappa shape index (κ2) is 5.75. The van der Waals surface area contributed by atoms with E-state index >= 15 is 0 Å². The molecule has 4 heteroatoms. The average Bonchev–Trinajstić information content (AvgIpc) is 2.86. The Morgan fingerprint density at radius 2 is 2.15 bits per heavy atom. The smallest absolute Gasteiger partial charge is 0.147 e. The molecule has 0 atom stereocenters. The number of piperidine rings is 1. The summed E-state index contributed by atoms with van der Waals surface area (Å²) in [5, 5.41) is 3.36. The lowest BCUT2D eigenvalue weighted by Crippen LogP contribution is -2.28. The molecule has 2 heterocycles. The van der Waals surface area contributed by atoms with Crippen LogP contribution in [0, 0.1) is 18.7 Å². The molecule has 0 aliphatic carbocycles. The molecular formula is C16H20FN3. The zero-order chi connectivity index (χ0) is 13.9. The molecule has 1 aromatic heterocycles. The highest BCUT2D eigenvalue weighted by Gasteiger charge is 2.15. The van der Waals surface area contributed by atoms with Gasteiger partial charge in [-0.2, -0.15) is 0 Å². The Balaban J connectivity index is 1.79. The van der Waals surface area contributed by atoms with Crippen molar-refractivity contribution in [2.24, 2.45) is 5.92 Å². The van der Waals surface area contributed by atoms with Crippen molar-refractivity contribution in [1.82, 2.24) is 14.9 Å². The monoisotopic (exact) mass is 273 g/mol. The average molecular weight is 273 g/mol. The second-order valence-corrected chi connectivity index (χ2v) is 5.53. The van der Waals surface area contributed by atoms with Crippen LogP contribution in [0.15, 0.2) is 30.6 Å². The molecule has 2 aromatic rings. The van der Waals surface area contributed by atoms with Crippen LogP contribution in [0.3, 0.4) is 0 Å². The second-order valence-electron chi connectivity index (χ2n) is 5.53. The summed E-state index contributed by atoms with van der Waals surface area (Å²) in [4.78, 5) is 4.14. The molecule has 3 nitrogen and oxygen atoms in total. The molecule has 1 aromatic carbocycles. The quantitative estimate of drug-likeness (QED) is 0.932. The molecule has 0 radical (unpaired) electrons. The third-order valence-corrected chi connectivity index (χ3v) is 4.08. The standard InChI is InChI=1S/C16H20FN3/c1-12-19-8-9-20(12)16-3-2-14(11-15(16)17)10-13-4-6-18-7-5-13/h2-3,8-9,11,13,18H,4-7,10H2,1H3. The first kappa shape index (κ1) is 13.3. The number of nitrogens with one attached hydrogen (secondary N) is 1. The molecule has 1 N–H and O–H groups in total. The minimum atomic E-state index is -0.169. The van der Waals surface area contributed by atoms with Gasteiger partial charge in [0.1, 0.15) is 11.6 Å². The predicted molar refractivity (Wildman–Crippen MR) is 77.6 cm³/mol. The molecule has 20 heavy (non-hydrogen) atoms. The third kappa shape index (κ3) is 2.75. The molecule has 1 aliphatic heterocycles. The van der Waals surface area contributed by atoms with Crippen molar-refractivity contribution in [1.29, 1.82) is 0 Å². The van der Waals surface area contributed by atoms with Gasteiger partial charge < -0.3 is 9.88 Å². The molecule has 0 bridgehead atoms. The molecule has 0 unspecified atom stereocenters. The number of benzene rings is 1. The summed E-state index contributed by atoms with van der Waals surface area (Å²) in [6.45, 7) is 4.04. The Morgan fingerprint density at radius 3 is 2.80 bits per heavy atom. The molecule has 106 valence electrons. The van der Waals surface area contributed by atoms with Crippen molar-refractivity contribution in [2.45, 2.75) is 26.2 Å². The van der Waals surface area contributed by atoms with Crippen molar-refractivity contribution in [3.05, 3.63) is 47.8 Å². The minimum Gasteiger partial charge on any atom is -0.317 e. The van der Waals surface area contributed by atoms with Crippen molar-refractivity contribution in [2.75, 3.05) is 13.1 Å². The molecule has 0 saturated carbocycles. The maximum atomic E-state index is 14.3. The Hall–Kier alpha value is -1.68. The fraction of sp³-hybridized carbons (Fsp3) is 0.438. The van der Waals surface area contributed by atoms with E-state index in [9.17, 15) is 4.39 Å². The van der Waals surface area contributed by atoms with Crippen molar-refractivity contribution < 1.29 is 4.39 Å². The van der Waals surface area contributed by atoms with E-state index in [1.54, 1.807) is 23.0 Å². The lowest BCUT2D eigenvalue weighted by Gasteiger charge is -2.22. The normalized spacial score (nSPS) is 16.5. The number of hydrogen-bond donors (Lipinski definition) is 1. The van der Waals surface area contributed by atoms with E-state index in [2.05, 4.69) is 10.3 Å². The van der Waals surface area contributed by atoms with Gasteiger partial charge in [0.2, 0.25) is 0 Å². The maximum absolute atomic E-state index is 14.3. The van der Waals surface area contributed by atoms with Gasteiger partial charge in [-0.15, -0.1) is 0 Å². The van der Waals surface area contributed by atoms with Gasteiger partial charge >= 0.3 is 0 Å². The summed E-state index contributed by atoms with van der Waals surface area (Å²) in [6, 6.07) is 5.58. The van der Waals surface area contributed by atoms with Crippen LogP contribution < -0.4 is 5.32 Å². The van der Waals surface area contributed by atoms with E-state index in [4.69, 9.17) is 0 Å². The van der Waals surface area contributed by atoms with Crippen molar-refractivity contribution in [3.8, 4) is 5.69 Å². The van der Waals surface area contributed by atoms with Crippen LogP contribution in [0.2, 0.25) is 0 Å². The van der Waals surface area contributed by atoms with Gasteiger partial charge in [-0.05, 0) is 62.9 Å². The van der Waals surface area contributed by atoms with E-state index in [0.717, 1.165) is 30.9 Å². The number of nitrogens with zero attached hydrogens (tertiary/aromatic N) is 2. The summed E-state index contributed by atoms with van der Waals surface area (Å²) >= 11 is 0. The fourth-order valence-electron chi connectivity index (χ4n) is 2.92. The topological polar surface area (TPSA) is 29.9 Å². The minimum absolute atomic E-state index is 0.169. The number of hydrogen-bond acceptors (Lipinski definition) is 2. The van der Waals surface area contributed by atoms with Crippen LogP contribution >= 0.6 is 0 Å². The lowest BCUT2D eigenvalue weighted by atomic mass is 9.91. The van der Waals surface area contributed by atoms with E-state index in [1.807, 2.05) is 19.1 Å². The highest BCUT2D eigenvalue weighted by Crippen LogP contribution is 2.21. The van der Waals surface area contributed by atoms with Gasteiger partial charge in [-0.25, -0.2) is 9.37 Å². The van der Waals surface area contributed by atoms with E-state index in [-0.39, 0.29) is 5.82 Å². The SMILES string of the molecule is Cc1nccn1-c1ccc(CC2CCNCC2)cc1F. The molecule has 1 aliphatic rings. The summed E-state index contributed by atoms with van der Waals surface area (Å²) < 4.78 is 16.1. The number of halogens is 1. The van der Waals surface area contributed by atoms with Gasteiger partial charge in [0, 0.05) is 12.4 Å². The number of aromatic nitrogens is 2. The van der Waals surface area contributed by atoms with Gasteiger partial charge in [0.25, 0.3) is 0 Å². The van der Waals surface area contributed by atoms with Crippen LogP contribution in [0.4, 0.5) is 4.39 Å². The molecule has 0 amide bonds. The fourth-order valence-corrected chi connectivity index (χ4v) is 2.92. The first-order valence-electron chi connectivity index (χ1n) is 7.23. The first-order valence-corrected chi connectivity index (χ1v) is 7.23. The molecule has 3 rings (SSSR count). The maximum Gasteiger partial charge on any atom is 0.147 e. The lowest BCUT2D eigenvalue weighted by molar-refractivity contribution is 0.372. The zero-order valence-corrected chi connectivity index (χ0v) is 11.8. The highest BCUT2D eigenvalue weighted by atomic mass is 19.1. The van der Waals surface area contributed by atoms with Crippen LogP contribution in [0.1, 0.15) is 24.2 Å². The van der Waals surface area contributed by atoms with Crippen molar-refractivity contribution in [3.63, 3.8) is 0 Å².